The molecule has 0 saturated carbocycles. The summed E-state index contributed by atoms with van der Waals surface area (Å²) in [7, 11) is 7.23. The fraction of sp³-hybridized carbons (Fsp3) is 0.500. The molecule has 1 aliphatic rings. The van der Waals surface area contributed by atoms with Crippen molar-refractivity contribution in [1.82, 2.24) is 5.32 Å². The van der Waals surface area contributed by atoms with Gasteiger partial charge in [-0.1, -0.05) is 12.2 Å². The quantitative estimate of drug-likeness (QED) is 0.227. The van der Waals surface area contributed by atoms with Crippen molar-refractivity contribution in [1.29, 1.82) is 0 Å². The monoisotopic (exact) mass is 643 g/mol. The molecule has 2 atom stereocenters. The number of phenols is 2. The van der Waals surface area contributed by atoms with Gasteiger partial charge in [-0.05, 0) is 61.9 Å². The lowest BCUT2D eigenvalue weighted by molar-refractivity contribution is -0.127. The highest BCUT2D eigenvalue weighted by molar-refractivity contribution is 5.98. The van der Waals surface area contributed by atoms with Gasteiger partial charge in [0.05, 0.1) is 34.0 Å². The van der Waals surface area contributed by atoms with E-state index in [-0.39, 0.29) is 52.7 Å². The standard InChI is InChI=1S/C34H45NO11/c1-20-11-10-14-23(36)13-9-7-8-12-21-15-25(37)31(32(39)30(21)34(40)46-20)24(18-28(38)35-19-29(43-4)44-5)22-16-26(41-2)33(45-6)27(17-22)42-3/h8,12,15-17,20,24,29,37,39H,7,9-11,13-14,18-19H2,1-6H3,(H,35,38)/t20-,24?/m0/s1. The van der Waals surface area contributed by atoms with Gasteiger partial charge in [-0.2, -0.15) is 0 Å². The molecule has 0 fully saturated rings. The molecule has 0 aliphatic carbocycles. The minimum atomic E-state index is -1.00. The summed E-state index contributed by atoms with van der Waals surface area (Å²) < 4.78 is 32.6. The van der Waals surface area contributed by atoms with Crippen LogP contribution in [0.25, 0.3) is 6.08 Å². The molecule has 0 aromatic heterocycles. The van der Waals surface area contributed by atoms with Gasteiger partial charge in [0.2, 0.25) is 11.7 Å². The Hall–Kier alpha value is -4.29. The van der Waals surface area contributed by atoms with Gasteiger partial charge < -0.3 is 44.0 Å². The van der Waals surface area contributed by atoms with E-state index < -0.39 is 35.9 Å². The normalized spacial score (nSPS) is 16.6. The lowest BCUT2D eigenvalue weighted by atomic mass is 9.84. The number of carbonyl (C=O) groups excluding carboxylic acids is 3. The minimum absolute atomic E-state index is 0.0383. The van der Waals surface area contributed by atoms with Gasteiger partial charge in [0, 0.05) is 45.0 Å². The highest BCUT2D eigenvalue weighted by atomic mass is 16.7. The second kappa shape index (κ2) is 17.4. The van der Waals surface area contributed by atoms with Crippen molar-refractivity contribution in [2.75, 3.05) is 42.1 Å². The van der Waals surface area contributed by atoms with Crippen LogP contribution in [0.5, 0.6) is 28.7 Å². The van der Waals surface area contributed by atoms with Crippen LogP contribution in [-0.2, 0) is 23.8 Å². The molecule has 2 aromatic carbocycles. The van der Waals surface area contributed by atoms with E-state index in [9.17, 15) is 24.6 Å². The van der Waals surface area contributed by atoms with Gasteiger partial charge in [-0.15, -0.1) is 0 Å². The van der Waals surface area contributed by atoms with Gasteiger partial charge in [0.25, 0.3) is 0 Å². The number of phenolic OH excluding ortho intramolecular Hbond substituents is 2. The predicted octanol–water partition coefficient (Wildman–Crippen LogP) is 4.86. The summed E-state index contributed by atoms with van der Waals surface area (Å²) in [5.41, 5.74) is 0.437. The van der Waals surface area contributed by atoms with E-state index in [4.69, 9.17) is 28.4 Å². The number of allylic oxidation sites excluding steroid dienone is 1. The van der Waals surface area contributed by atoms with E-state index in [1.165, 1.54) is 41.6 Å². The summed E-state index contributed by atoms with van der Waals surface area (Å²) in [6, 6.07) is 4.58. The third kappa shape index (κ3) is 9.13. The summed E-state index contributed by atoms with van der Waals surface area (Å²) in [6.07, 6.45) is 4.94. The number of aromatic hydroxyl groups is 2. The average Bonchev–Trinajstić information content (AvgIpc) is 3.03. The Bertz CT molecular complexity index is 1370. The first kappa shape index (κ1) is 36.2. The number of nitrogens with one attached hydrogen (secondary N) is 1. The summed E-state index contributed by atoms with van der Waals surface area (Å²) in [4.78, 5) is 39.1. The van der Waals surface area contributed by atoms with Gasteiger partial charge in [-0.25, -0.2) is 4.79 Å². The van der Waals surface area contributed by atoms with E-state index in [0.29, 0.717) is 49.8 Å². The number of methoxy groups -OCH3 is 5. The van der Waals surface area contributed by atoms with E-state index in [1.807, 2.05) is 0 Å². The number of esters is 1. The summed E-state index contributed by atoms with van der Waals surface area (Å²) in [6.45, 7) is 1.76. The number of ether oxygens (including phenoxy) is 6. The Morgan fingerprint density at radius 3 is 2.24 bits per heavy atom. The number of Topliss-reactive ketones (excluding diaryl/α,β-unsaturated/α-hetero) is 1. The molecule has 0 radical (unpaired) electrons. The molecular weight excluding hydrogens is 598 g/mol. The highest BCUT2D eigenvalue weighted by Gasteiger charge is 2.32. The Labute approximate surface area is 269 Å². The Morgan fingerprint density at radius 1 is 0.978 bits per heavy atom. The van der Waals surface area contributed by atoms with Crippen LogP contribution in [0.15, 0.2) is 24.3 Å². The number of fused-ring (bicyclic) bond motifs is 1. The number of amides is 1. The highest BCUT2D eigenvalue weighted by Crippen LogP contribution is 2.47. The smallest absolute Gasteiger partial charge is 0.342 e. The maximum Gasteiger partial charge on any atom is 0.342 e. The SMILES string of the molecule is COc1cc(C(CC(=O)NCC(OC)OC)c2c(O)cc3c(c2O)C(=O)O[C@@H](C)CCCC(=O)CCCC=C3)cc(OC)c1OC. The third-order valence-electron chi connectivity index (χ3n) is 7.87. The molecule has 1 aliphatic heterocycles. The van der Waals surface area contributed by atoms with Crippen LogP contribution >= 0.6 is 0 Å². The number of rotatable bonds is 11. The third-order valence-corrected chi connectivity index (χ3v) is 7.87. The molecule has 0 spiro atoms. The molecule has 0 saturated heterocycles. The molecule has 2 aromatic rings. The number of hydrogen-bond donors (Lipinski definition) is 3. The van der Waals surface area contributed by atoms with Gasteiger partial charge in [0.15, 0.2) is 17.8 Å². The van der Waals surface area contributed by atoms with Gasteiger partial charge >= 0.3 is 5.97 Å². The van der Waals surface area contributed by atoms with Crippen molar-refractivity contribution in [2.45, 2.75) is 70.2 Å². The molecule has 3 N–H and O–H groups in total. The fourth-order valence-corrected chi connectivity index (χ4v) is 5.43. The fourth-order valence-electron chi connectivity index (χ4n) is 5.43. The molecule has 1 unspecified atom stereocenters. The zero-order valence-corrected chi connectivity index (χ0v) is 27.3. The average molecular weight is 644 g/mol. The second-order valence-corrected chi connectivity index (χ2v) is 11.0. The molecule has 12 nitrogen and oxygen atoms in total. The first-order valence-electron chi connectivity index (χ1n) is 15.2. The molecule has 12 heteroatoms. The van der Waals surface area contributed by atoms with E-state index in [1.54, 1.807) is 31.2 Å². The van der Waals surface area contributed by atoms with E-state index >= 15 is 0 Å². The minimum Gasteiger partial charge on any atom is -0.507 e. The van der Waals surface area contributed by atoms with Gasteiger partial charge in [0.1, 0.15) is 22.8 Å². The van der Waals surface area contributed by atoms with E-state index in [2.05, 4.69) is 5.32 Å². The molecule has 252 valence electrons. The van der Waals surface area contributed by atoms with Crippen LogP contribution in [0.2, 0.25) is 0 Å². The van der Waals surface area contributed by atoms with Crippen molar-refractivity contribution in [3.8, 4) is 28.7 Å². The van der Waals surface area contributed by atoms with Gasteiger partial charge in [-0.3, -0.25) is 9.59 Å². The first-order chi connectivity index (χ1) is 22.1. The van der Waals surface area contributed by atoms with Crippen molar-refractivity contribution in [3.05, 3.63) is 46.5 Å². The summed E-state index contributed by atoms with van der Waals surface area (Å²) in [5, 5.41) is 26.0. The largest absolute Gasteiger partial charge is 0.507 e. The second-order valence-electron chi connectivity index (χ2n) is 11.0. The molecular formula is C34H45NO11. The van der Waals surface area contributed by atoms with Crippen molar-refractivity contribution in [2.24, 2.45) is 0 Å². The van der Waals surface area contributed by atoms with Crippen molar-refractivity contribution >= 4 is 23.7 Å². The van der Waals surface area contributed by atoms with Crippen LogP contribution in [0, 0.1) is 0 Å². The maximum absolute atomic E-state index is 13.6. The molecule has 1 heterocycles. The zero-order chi connectivity index (χ0) is 33.8. The lowest BCUT2D eigenvalue weighted by Crippen LogP contribution is -2.34. The van der Waals surface area contributed by atoms with Crippen molar-refractivity contribution in [3.63, 3.8) is 0 Å². The van der Waals surface area contributed by atoms with Crippen molar-refractivity contribution < 1.29 is 53.0 Å². The topological polar surface area (TPSA) is 159 Å². The molecule has 3 rings (SSSR count). The molecule has 0 bridgehead atoms. The van der Waals surface area contributed by atoms with E-state index in [0.717, 1.165) is 0 Å². The molecule has 46 heavy (non-hydrogen) atoms. The number of cyclic esters (lactones) is 1. The predicted molar refractivity (Wildman–Crippen MR) is 170 cm³/mol. The van der Waals surface area contributed by atoms with Crippen LogP contribution in [0.4, 0.5) is 0 Å². The molecule has 1 amide bonds. The Kier molecular flexibility index (Phi) is 13.7. The Morgan fingerprint density at radius 2 is 1.63 bits per heavy atom. The maximum atomic E-state index is 13.6. The summed E-state index contributed by atoms with van der Waals surface area (Å²) >= 11 is 0. The Balaban J connectivity index is 2.21. The van der Waals surface area contributed by atoms with Crippen LogP contribution in [0.1, 0.15) is 84.8 Å². The first-order valence-corrected chi connectivity index (χ1v) is 15.2. The zero-order valence-electron chi connectivity index (χ0n) is 27.3. The van der Waals surface area contributed by atoms with Crippen LogP contribution in [0.3, 0.4) is 0 Å². The number of carbonyl (C=O) groups is 3. The van der Waals surface area contributed by atoms with Crippen LogP contribution < -0.4 is 19.5 Å². The lowest BCUT2D eigenvalue weighted by Gasteiger charge is -2.25. The van der Waals surface area contributed by atoms with Crippen LogP contribution in [-0.4, -0.2) is 82.4 Å². The number of ketones is 1. The number of hydrogen-bond acceptors (Lipinski definition) is 11. The summed E-state index contributed by atoms with van der Waals surface area (Å²) in [5.74, 6) is -2.11. The number of benzene rings is 2.